The number of aryl methyl sites for hydroxylation is 1. The van der Waals surface area contributed by atoms with Crippen LogP contribution in [0.2, 0.25) is 0 Å². The van der Waals surface area contributed by atoms with E-state index in [4.69, 9.17) is 0 Å². The maximum absolute atomic E-state index is 13.4. The number of hydrogen-bond donors (Lipinski definition) is 0. The van der Waals surface area contributed by atoms with Gasteiger partial charge in [-0.3, -0.25) is 14.9 Å². The summed E-state index contributed by atoms with van der Waals surface area (Å²) in [6.07, 6.45) is 3.52. The standard InChI is InChI=1S/C23H27F2N3/c1-16(2)22(26-4)21-12-19(6-5-17(21)3)20-11-18(13-27-14-20)15-28-9-7-23(24,25)8-10-28/h5-6,11-14H,1,7-10,15H2,2-4H3. The van der Waals surface area contributed by atoms with Crippen molar-refractivity contribution in [2.24, 2.45) is 4.99 Å². The van der Waals surface area contributed by atoms with Crippen LogP contribution in [0.4, 0.5) is 8.78 Å². The minimum Gasteiger partial charge on any atom is -0.299 e. The normalized spacial score (nSPS) is 17.5. The molecular weight excluding hydrogens is 356 g/mol. The summed E-state index contributed by atoms with van der Waals surface area (Å²) >= 11 is 0. The van der Waals surface area contributed by atoms with Crippen molar-refractivity contribution in [1.29, 1.82) is 0 Å². The Labute approximate surface area is 165 Å². The zero-order valence-electron chi connectivity index (χ0n) is 16.8. The lowest BCUT2D eigenvalue weighted by atomic mass is 9.95. The smallest absolute Gasteiger partial charge is 0.250 e. The Kier molecular flexibility index (Phi) is 6.04. The Bertz CT molecular complexity index is 892. The van der Waals surface area contributed by atoms with Gasteiger partial charge in [0.1, 0.15) is 0 Å². The molecule has 0 amide bonds. The van der Waals surface area contributed by atoms with Crippen molar-refractivity contribution in [3.05, 3.63) is 65.5 Å². The molecule has 0 saturated carbocycles. The summed E-state index contributed by atoms with van der Waals surface area (Å²) in [5.41, 5.74) is 7.14. The summed E-state index contributed by atoms with van der Waals surface area (Å²) in [6.45, 7) is 9.53. The second kappa shape index (κ2) is 8.31. The summed E-state index contributed by atoms with van der Waals surface area (Å²) in [6, 6.07) is 8.37. The van der Waals surface area contributed by atoms with Crippen molar-refractivity contribution in [1.82, 2.24) is 9.88 Å². The fourth-order valence-corrected chi connectivity index (χ4v) is 3.63. The van der Waals surface area contributed by atoms with Gasteiger partial charge in [0.2, 0.25) is 0 Å². The molecular formula is C23H27F2N3. The summed E-state index contributed by atoms with van der Waals surface area (Å²) in [5.74, 6) is -2.52. The van der Waals surface area contributed by atoms with Gasteiger partial charge in [0.25, 0.3) is 5.92 Å². The van der Waals surface area contributed by atoms with Gasteiger partial charge in [-0.2, -0.15) is 0 Å². The molecule has 0 spiro atoms. The number of aromatic nitrogens is 1. The molecule has 2 aromatic rings. The van der Waals surface area contributed by atoms with Crippen LogP contribution in [0.15, 0.2) is 53.8 Å². The Morgan fingerprint density at radius 1 is 1.18 bits per heavy atom. The van der Waals surface area contributed by atoms with Gasteiger partial charge < -0.3 is 0 Å². The van der Waals surface area contributed by atoms with Gasteiger partial charge in [-0.15, -0.1) is 0 Å². The largest absolute Gasteiger partial charge is 0.299 e. The third-order valence-electron chi connectivity index (χ3n) is 5.24. The molecule has 3 rings (SSSR count). The number of allylic oxidation sites excluding steroid dienone is 1. The number of aliphatic imine (C=N–C) groups is 1. The van der Waals surface area contributed by atoms with Crippen LogP contribution in [-0.4, -0.2) is 41.7 Å². The van der Waals surface area contributed by atoms with Crippen LogP contribution in [0.3, 0.4) is 0 Å². The molecule has 1 aromatic heterocycles. The summed E-state index contributed by atoms with van der Waals surface area (Å²) in [5, 5.41) is 0. The summed E-state index contributed by atoms with van der Waals surface area (Å²) < 4.78 is 26.7. The van der Waals surface area contributed by atoms with Crippen LogP contribution in [0.1, 0.15) is 36.5 Å². The fourth-order valence-electron chi connectivity index (χ4n) is 3.63. The van der Waals surface area contributed by atoms with Crippen molar-refractivity contribution in [3.8, 4) is 11.1 Å². The topological polar surface area (TPSA) is 28.5 Å². The van der Waals surface area contributed by atoms with E-state index in [0.717, 1.165) is 39.1 Å². The van der Waals surface area contributed by atoms with Crippen molar-refractivity contribution in [2.45, 2.75) is 39.2 Å². The molecule has 0 radical (unpaired) electrons. The highest BCUT2D eigenvalue weighted by molar-refractivity contribution is 6.13. The highest BCUT2D eigenvalue weighted by Gasteiger charge is 2.33. The number of likely N-dealkylation sites (tertiary alicyclic amines) is 1. The molecule has 0 unspecified atom stereocenters. The van der Waals surface area contributed by atoms with Crippen LogP contribution >= 0.6 is 0 Å². The van der Waals surface area contributed by atoms with E-state index in [9.17, 15) is 8.78 Å². The quantitative estimate of drug-likeness (QED) is 0.657. The van der Waals surface area contributed by atoms with E-state index in [0.29, 0.717) is 19.6 Å². The molecule has 0 bridgehead atoms. The fraction of sp³-hybridized carbons (Fsp3) is 0.391. The zero-order valence-corrected chi connectivity index (χ0v) is 16.8. The number of rotatable bonds is 5. The molecule has 1 aliphatic heterocycles. The first-order valence-corrected chi connectivity index (χ1v) is 9.57. The molecule has 1 aromatic carbocycles. The molecule has 2 heterocycles. The predicted octanol–water partition coefficient (Wildman–Crippen LogP) is 5.28. The highest BCUT2D eigenvalue weighted by atomic mass is 19.3. The van der Waals surface area contributed by atoms with E-state index in [1.807, 2.05) is 19.3 Å². The molecule has 0 aliphatic carbocycles. The van der Waals surface area contributed by atoms with Gasteiger partial charge in [0.05, 0.1) is 5.71 Å². The van der Waals surface area contributed by atoms with Gasteiger partial charge in [0, 0.05) is 63.0 Å². The minimum atomic E-state index is -2.52. The van der Waals surface area contributed by atoms with Gasteiger partial charge in [-0.05, 0) is 48.2 Å². The monoisotopic (exact) mass is 383 g/mol. The maximum Gasteiger partial charge on any atom is 0.250 e. The van der Waals surface area contributed by atoms with Crippen molar-refractivity contribution in [2.75, 3.05) is 20.1 Å². The van der Waals surface area contributed by atoms with Crippen LogP contribution < -0.4 is 0 Å². The van der Waals surface area contributed by atoms with Crippen LogP contribution in [-0.2, 0) is 6.54 Å². The van der Waals surface area contributed by atoms with Gasteiger partial charge >= 0.3 is 0 Å². The van der Waals surface area contributed by atoms with Crippen LogP contribution in [0, 0.1) is 6.92 Å². The Morgan fingerprint density at radius 3 is 2.54 bits per heavy atom. The van der Waals surface area contributed by atoms with Gasteiger partial charge in [0.15, 0.2) is 0 Å². The van der Waals surface area contributed by atoms with E-state index in [1.54, 1.807) is 7.05 Å². The average molecular weight is 383 g/mol. The van der Waals surface area contributed by atoms with Gasteiger partial charge in [-0.1, -0.05) is 18.7 Å². The van der Waals surface area contributed by atoms with E-state index < -0.39 is 5.92 Å². The number of nitrogens with zero attached hydrogens (tertiary/aromatic N) is 3. The SMILES string of the molecule is C=C(C)C(=NC)c1cc(-c2cncc(CN3CCC(F)(F)CC3)c2)ccc1C. The number of pyridine rings is 1. The summed E-state index contributed by atoms with van der Waals surface area (Å²) in [7, 11) is 1.78. The van der Waals surface area contributed by atoms with E-state index in [2.05, 4.69) is 52.6 Å². The molecule has 5 heteroatoms. The van der Waals surface area contributed by atoms with Crippen LogP contribution in [0.5, 0.6) is 0 Å². The Morgan fingerprint density at radius 2 is 1.89 bits per heavy atom. The Balaban J connectivity index is 1.83. The minimum absolute atomic E-state index is 0.0680. The third-order valence-corrected chi connectivity index (χ3v) is 5.24. The lowest BCUT2D eigenvalue weighted by Crippen LogP contribution is -2.38. The third kappa shape index (κ3) is 4.71. The maximum atomic E-state index is 13.4. The molecule has 3 nitrogen and oxygen atoms in total. The first-order valence-electron chi connectivity index (χ1n) is 9.57. The molecule has 1 aliphatic rings. The van der Waals surface area contributed by atoms with E-state index in [1.165, 1.54) is 0 Å². The molecule has 1 fully saturated rings. The first-order chi connectivity index (χ1) is 13.3. The zero-order chi connectivity index (χ0) is 20.3. The van der Waals surface area contributed by atoms with E-state index >= 15 is 0 Å². The highest BCUT2D eigenvalue weighted by Crippen LogP contribution is 2.29. The molecule has 28 heavy (non-hydrogen) atoms. The van der Waals surface area contributed by atoms with Crippen molar-refractivity contribution in [3.63, 3.8) is 0 Å². The molecule has 0 atom stereocenters. The van der Waals surface area contributed by atoms with Crippen molar-refractivity contribution < 1.29 is 8.78 Å². The molecule has 0 N–H and O–H groups in total. The van der Waals surface area contributed by atoms with Crippen molar-refractivity contribution >= 4 is 5.71 Å². The second-order valence-corrected chi connectivity index (χ2v) is 7.60. The Hall–Kier alpha value is -2.40. The van der Waals surface area contributed by atoms with E-state index in [-0.39, 0.29) is 12.8 Å². The number of hydrogen-bond acceptors (Lipinski definition) is 3. The number of benzene rings is 1. The lowest BCUT2D eigenvalue weighted by Gasteiger charge is -2.31. The molecule has 1 saturated heterocycles. The number of halogens is 2. The number of piperidine rings is 1. The van der Waals surface area contributed by atoms with Crippen LogP contribution in [0.25, 0.3) is 11.1 Å². The second-order valence-electron chi connectivity index (χ2n) is 7.60. The predicted molar refractivity (Wildman–Crippen MR) is 111 cm³/mol. The average Bonchev–Trinajstić information content (AvgIpc) is 2.65. The first kappa shape index (κ1) is 20.3. The summed E-state index contributed by atoms with van der Waals surface area (Å²) in [4.78, 5) is 10.8. The van der Waals surface area contributed by atoms with Gasteiger partial charge in [-0.25, -0.2) is 8.78 Å². The lowest BCUT2D eigenvalue weighted by molar-refractivity contribution is -0.0566. The molecule has 148 valence electrons. The number of alkyl halides is 2.